The monoisotopic (exact) mass is 390 g/mol. The number of primary amides is 1. The quantitative estimate of drug-likeness (QED) is 0.773. The van der Waals surface area contributed by atoms with Gasteiger partial charge in [0.2, 0.25) is 0 Å². The second-order valence-corrected chi connectivity index (χ2v) is 8.32. The molecular weight excluding hydrogens is 364 g/mol. The first-order valence-corrected chi connectivity index (χ1v) is 8.77. The van der Waals surface area contributed by atoms with Gasteiger partial charge in [0.15, 0.2) is 5.69 Å². The fraction of sp³-hybridized carbons (Fsp3) is 0.474. The summed E-state index contributed by atoms with van der Waals surface area (Å²) in [6, 6.07) is 4.78. The van der Waals surface area contributed by atoms with Crippen LogP contribution in [0, 0.1) is 0 Å². The zero-order valence-corrected chi connectivity index (χ0v) is 17.0. The molecule has 2 rings (SSSR count). The van der Waals surface area contributed by atoms with Crippen LogP contribution in [0.5, 0.6) is 0 Å². The highest BCUT2D eigenvalue weighted by Crippen LogP contribution is 2.23. The van der Waals surface area contributed by atoms with Gasteiger partial charge in [0.05, 0.1) is 5.52 Å². The number of benzene rings is 1. The Bertz CT molecular complexity index is 919. The number of amides is 2. The van der Waals surface area contributed by atoms with Crippen LogP contribution in [0.4, 0.5) is 10.5 Å². The van der Waals surface area contributed by atoms with E-state index in [9.17, 15) is 14.4 Å². The van der Waals surface area contributed by atoms with Gasteiger partial charge in [-0.3, -0.25) is 19.6 Å². The van der Waals surface area contributed by atoms with Crippen molar-refractivity contribution >= 4 is 34.6 Å². The van der Waals surface area contributed by atoms with Crippen LogP contribution in [-0.2, 0) is 20.8 Å². The van der Waals surface area contributed by atoms with Crippen molar-refractivity contribution in [1.82, 2.24) is 9.78 Å². The van der Waals surface area contributed by atoms with Gasteiger partial charge in [0, 0.05) is 11.1 Å². The number of nitrogens with zero attached hydrogens (tertiary/aromatic N) is 2. The van der Waals surface area contributed by atoms with Crippen molar-refractivity contribution in [3.8, 4) is 0 Å². The number of fused-ring (bicyclic) bond motifs is 1. The largest absolute Gasteiger partial charge is 0.459 e. The summed E-state index contributed by atoms with van der Waals surface area (Å²) in [5, 5.41) is 7.21. The van der Waals surface area contributed by atoms with Crippen molar-refractivity contribution in [1.29, 1.82) is 0 Å². The Kier molecular flexibility index (Phi) is 5.67. The van der Waals surface area contributed by atoms with Crippen molar-refractivity contribution < 1.29 is 23.9 Å². The van der Waals surface area contributed by atoms with Crippen molar-refractivity contribution in [2.75, 3.05) is 5.32 Å². The molecule has 0 atom stereocenters. The number of hydrogen-bond acceptors (Lipinski definition) is 6. The number of rotatable bonds is 4. The van der Waals surface area contributed by atoms with Crippen LogP contribution in [0.15, 0.2) is 18.2 Å². The van der Waals surface area contributed by atoms with E-state index in [2.05, 4.69) is 10.4 Å². The fourth-order valence-corrected chi connectivity index (χ4v) is 2.47. The zero-order valence-electron chi connectivity index (χ0n) is 17.0. The number of hydrogen-bond donors (Lipinski definition) is 2. The summed E-state index contributed by atoms with van der Waals surface area (Å²) in [5.74, 6) is -1.24. The molecular formula is C19H26N4O5. The average molecular weight is 390 g/mol. The van der Waals surface area contributed by atoms with Crippen molar-refractivity contribution in [2.24, 2.45) is 5.73 Å². The first-order valence-electron chi connectivity index (χ1n) is 8.77. The Hall–Kier alpha value is -3.10. The van der Waals surface area contributed by atoms with Gasteiger partial charge in [-0.2, -0.15) is 5.10 Å². The van der Waals surface area contributed by atoms with Crippen LogP contribution in [0.2, 0.25) is 0 Å². The molecule has 0 spiro atoms. The number of nitrogens with one attached hydrogen (secondary N) is 1. The third-order valence-corrected chi connectivity index (χ3v) is 3.33. The maximum absolute atomic E-state index is 12.2. The molecule has 3 N–H and O–H groups in total. The van der Waals surface area contributed by atoms with Gasteiger partial charge in [-0.05, 0) is 59.7 Å². The molecule has 0 radical (unpaired) electrons. The molecule has 0 aliphatic rings. The number of anilines is 1. The molecule has 0 bridgehead atoms. The third kappa shape index (κ3) is 5.70. The summed E-state index contributed by atoms with van der Waals surface area (Å²) < 4.78 is 11.9. The minimum Gasteiger partial charge on any atom is -0.459 e. The number of carbonyl (C=O) groups excluding carboxylic acids is 3. The minimum atomic E-state index is -0.721. The lowest BCUT2D eigenvalue weighted by atomic mass is 10.2. The number of ether oxygens (including phenoxy) is 2. The molecule has 1 aromatic carbocycles. The van der Waals surface area contributed by atoms with Crippen LogP contribution in [-0.4, -0.2) is 39.0 Å². The lowest BCUT2D eigenvalue weighted by molar-refractivity contribution is -0.155. The Morgan fingerprint density at radius 1 is 1.07 bits per heavy atom. The normalized spacial score (nSPS) is 11.9. The molecule has 2 aromatic rings. The lowest BCUT2D eigenvalue weighted by Crippen LogP contribution is -2.27. The molecule has 1 aromatic heterocycles. The molecule has 2 amide bonds. The topological polar surface area (TPSA) is 126 Å². The van der Waals surface area contributed by atoms with E-state index in [0.717, 1.165) is 0 Å². The van der Waals surface area contributed by atoms with E-state index in [1.165, 1.54) is 4.68 Å². The van der Waals surface area contributed by atoms with E-state index in [1.807, 2.05) is 0 Å². The standard InChI is InChI=1S/C19H26N4O5/c1-18(2,3)27-14(24)10-23-13-9-11(21-17(26)28-19(4,5)6)7-8-12(13)15(22-23)16(20)25/h7-9H,10H2,1-6H3,(H2,20,25)(H,21,26). The van der Waals surface area contributed by atoms with E-state index in [4.69, 9.17) is 15.2 Å². The van der Waals surface area contributed by atoms with Gasteiger partial charge in [-0.15, -0.1) is 0 Å². The lowest BCUT2D eigenvalue weighted by Gasteiger charge is -2.20. The smallest absolute Gasteiger partial charge is 0.412 e. The number of aromatic nitrogens is 2. The Labute approximate surface area is 163 Å². The summed E-state index contributed by atoms with van der Waals surface area (Å²) in [6.07, 6.45) is -0.625. The fourth-order valence-electron chi connectivity index (χ4n) is 2.47. The maximum atomic E-state index is 12.2. The minimum absolute atomic E-state index is 0.0300. The van der Waals surface area contributed by atoms with Crippen molar-refractivity contribution in [3.05, 3.63) is 23.9 Å². The van der Waals surface area contributed by atoms with Crippen LogP contribution >= 0.6 is 0 Å². The summed E-state index contributed by atoms with van der Waals surface area (Å²) in [6.45, 7) is 10.3. The number of esters is 1. The summed E-state index contributed by atoms with van der Waals surface area (Å²) in [5.41, 5.74) is 4.99. The molecule has 0 unspecified atom stereocenters. The van der Waals surface area contributed by atoms with Gasteiger partial charge in [0.25, 0.3) is 5.91 Å². The number of carbonyl (C=O) groups is 3. The molecule has 0 fully saturated rings. The molecule has 28 heavy (non-hydrogen) atoms. The van der Waals surface area contributed by atoms with E-state index >= 15 is 0 Å². The average Bonchev–Trinajstić information content (AvgIpc) is 2.81. The highest BCUT2D eigenvalue weighted by molar-refractivity contribution is 6.05. The highest BCUT2D eigenvalue weighted by atomic mass is 16.6. The molecule has 9 heteroatoms. The molecule has 0 aliphatic carbocycles. The zero-order chi connectivity index (χ0) is 21.3. The third-order valence-electron chi connectivity index (χ3n) is 3.33. The molecule has 152 valence electrons. The van der Waals surface area contributed by atoms with E-state index in [0.29, 0.717) is 16.6 Å². The summed E-state index contributed by atoms with van der Waals surface area (Å²) >= 11 is 0. The first-order chi connectivity index (χ1) is 12.7. The van der Waals surface area contributed by atoms with Crippen LogP contribution in [0.25, 0.3) is 10.9 Å². The second-order valence-electron chi connectivity index (χ2n) is 8.32. The van der Waals surface area contributed by atoms with Gasteiger partial charge in [-0.1, -0.05) is 0 Å². The highest BCUT2D eigenvalue weighted by Gasteiger charge is 2.21. The molecule has 9 nitrogen and oxygen atoms in total. The van der Waals surface area contributed by atoms with E-state index in [-0.39, 0.29) is 12.2 Å². The summed E-state index contributed by atoms with van der Waals surface area (Å²) in [4.78, 5) is 35.9. The molecule has 0 saturated heterocycles. The van der Waals surface area contributed by atoms with Gasteiger partial charge in [0.1, 0.15) is 17.7 Å². The summed E-state index contributed by atoms with van der Waals surface area (Å²) in [7, 11) is 0. The van der Waals surface area contributed by atoms with Crippen molar-refractivity contribution in [2.45, 2.75) is 59.3 Å². The maximum Gasteiger partial charge on any atom is 0.412 e. The van der Waals surface area contributed by atoms with Gasteiger partial charge in [-0.25, -0.2) is 4.79 Å². The Balaban J connectivity index is 2.36. The molecule has 0 saturated carbocycles. The Morgan fingerprint density at radius 3 is 2.21 bits per heavy atom. The van der Waals surface area contributed by atoms with E-state index < -0.39 is 29.2 Å². The van der Waals surface area contributed by atoms with Crippen LogP contribution < -0.4 is 11.1 Å². The van der Waals surface area contributed by atoms with Crippen molar-refractivity contribution in [3.63, 3.8) is 0 Å². The van der Waals surface area contributed by atoms with Crippen LogP contribution in [0.3, 0.4) is 0 Å². The SMILES string of the molecule is CC(C)(C)OC(=O)Cn1nc(C(N)=O)c2ccc(NC(=O)OC(C)(C)C)cc21. The molecule has 1 heterocycles. The predicted molar refractivity (Wildman–Crippen MR) is 104 cm³/mol. The van der Waals surface area contributed by atoms with E-state index in [1.54, 1.807) is 59.7 Å². The van der Waals surface area contributed by atoms with Gasteiger partial charge >= 0.3 is 12.1 Å². The number of nitrogens with two attached hydrogens (primary N) is 1. The first kappa shape index (κ1) is 21.2. The predicted octanol–water partition coefficient (Wildman–Crippen LogP) is 2.82. The van der Waals surface area contributed by atoms with Crippen LogP contribution in [0.1, 0.15) is 52.0 Å². The Morgan fingerprint density at radius 2 is 1.68 bits per heavy atom. The second kappa shape index (κ2) is 7.49. The van der Waals surface area contributed by atoms with Gasteiger partial charge < -0.3 is 15.2 Å². The molecule has 0 aliphatic heterocycles.